The predicted molar refractivity (Wildman–Crippen MR) is 71.1 cm³/mol. The normalized spacial score (nSPS) is 24.3. The van der Waals surface area contributed by atoms with Crippen LogP contribution >= 0.6 is 0 Å². The van der Waals surface area contributed by atoms with E-state index in [9.17, 15) is 0 Å². The van der Waals surface area contributed by atoms with Crippen molar-refractivity contribution in [2.45, 2.75) is 51.6 Å². The van der Waals surface area contributed by atoms with E-state index in [0.29, 0.717) is 11.7 Å². The van der Waals surface area contributed by atoms with Gasteiger partial charge in [-0.1, -0.05) is 13.8 Å². The zero-order chi connectivity index (χ0) is 13.2. The molecular formula is C13H22N4O. The summed E-state index contributed by atoms with van der Waals surface area (Å²) in [6.45, 7) is 7.05. The number of rotatable bonds is 3. The van der Waals surface area contributed by atoms with Gasteiger partial charge in [0.1, 0.15) is 11.4 Å². The number of hydrazine groups is 1. The molecule has 5 heteroatoms. The number of hydrogen-bond donors (Lipinski definition) is 2. The third kappa shape index (κ3) is 2.62. The van der Waals surface area contributed by atoms with Gasteiger partial charge in [0.15, 0.2) is 5.82 Å². The lowest BCUT2D eigenvalue weighted by Crippen LogP contribution is -2.33. The SMILES string of the molecule is CC(C)c1cc(NN)nc(C2(C)CCCCO2)n1. The van der Waals surface area contributed by atoms with Gasteiger partial charge in [-0.05, 0) is 32.1 Å². The Morgan fingerprint density at radius 3 is 2.72 bits per heavy atom. The smallest absolute Gasteiger partial charge is 0.162 e. The van der Waals surface area contributed by atoms with Gasteiger partial charge in [0.05, 0.1) is 0 Å². The van der Waals surface area contributed by atoms with Crippen LogP contribution in [-0.2, 0) is 10.3 Å². The lowest BCUT2D eigenvalue weighted by atomic mass is 9.94. The largest absolute Gasteiger partial charge is 0.367 e. The average molecular weight is 250 g/mol. The van der Waals surface area contributed by atoms with E-state index in [2.05, 4.69) is 36.2 Å². The summed E-state index contributed by atoms with van der Waals surface area (Å²) in [4.78, 5) is 9.10. The first-order chi connectivity index (χ1) is 8.55. The molecule has 0 radical (unpaired) electrons. The van der Waals surface area contributed by atoms with E-state index in [-0.39, 0.29) is 5.60 Å². The second-order valence-electron chi connectivity index (χ2n) is 5.34. The molecule has 100 valence electrons. The van der Waals surface area contributed by atoms with Gasteiger partial charge >= 0.3 is 0 Å². The van der Waals surface area contributed by atoms with Crippen molar-refractivity contribution in [3.05, 3.63) is 17.6 Å². The van der Waals surface area contributed by atoms with Crippen LogP contribution in [0.15, 0.2) is 6.07 Å². The van der Waals surface area contributed by atoms with Crippen LogP contribution in [0.1, 0.15) is 57.5 Å². The predicted octanol–water partition coefficient (Wildman–Crippen LogP) is 2.30. The number of nitrogen functional groups attached to an aromatic ring is 1. The third-order valence-corrected chi connectivity index (χ3v) is 3.43. The van der Waals surface area contributed by atoms with Gasteiger partial charge in [0.2, 0.25) is 0 Å². The van der Waals surface area contributed by atoms with Gasteiger partial charge in [0, 0.05) is 18.4 Å². The van der Waals surface area contributed by atoms with Crippen LogP contribution in [0.2, 0.25) is 0 Å². The Hall–Kier alpha value is -1.20. The lowest BCUT2D eigenvalue weighted by molar-refractivity contribution is -0.0761. The molecule has 3 N–H and O–H groups in total. The van der Waals surface area contributed by atoms with Crippen molar-refractivity contribution in [3.8, 4) is 0 Å². The molecule has 18 heavy (non-hydrogen) atoms. The van der Waals surface area contributed by atoms with Gasteiger partial charge < -0.3 is 10.2 Å². The van der Waals surface area contributed by atoms with Crippen molar-refractivity contribution in [3.63, 3.8) is 0 Å². The van der Waals surface area contributed by atoms with Crippen molar-refractivity contribution < 1.29 is 4.74 Å². The summed E-state index contributed by atoms with van der Waals surface area (Å²) in [5.41, 5.74) is 3.22. The Morgan fingerprint density at radius 2 is 2.17 bits per heavy atom. The summed E-state index contributed by atoms with van der Waals surface area (Å²) in [6, 6.07) is 1.89. The molecule has 0 aromatic carbocycles. The standard InChI is InChI=1S/C13H22N4O/c1-9(2)10-8-11(17-14)16-12(15-10)13(3)6-4-5-7-18-13/h8-9H,4-7,14H2,1-3H3,(H,15,16,17). The highest BCUT2D eigenvalue weighted by atomic mass is 16.5. The number of hydrogen-bond acceptors (Lipinski definition) is 5. The molecule has 0 amide bonds. The molecule has 1 fully saturated rings. The van der Waals surface area contributed by atoms with Gasteiger partial charge in [-0.25, -0.2) is 15.8 Å². The minimum absolute atomic E-state index is 0.339. The van der Waals surface area contributed by atoms with E-state index in [1.54, 1.807) is 0 Å². The quantitative estimate of drug-likeness (QED) is 0.636. The van der Waals surface area contributed by atoms with Crippen LogP contribution in [0.25, 0.3) is 0 Å². The summed E-state index contributed by atoms with van der Waals surface area (Å²) in [7, 11) is 0. The van der Waals surface area contributed by atoms with E-state index >= 15 is 0 Å². The van der Waals surface area contributed by atoms with Crippen LogP contribution in [0.3, 0.4) is 0 Å². The number of ether oxygens (including phenoxy) is 1. The van der Waals surface area contributed by atoms with E-state index in [1.807, 2.05) is 6.07 Å². The Labute approximate surface area is 108 Å². The zero-order valence-electron chi connectivity index (χ0n) is 11.4. The third-order valence-electron chi connectivity index (χ3n) is 3.43. The van der Waals surface area contributed by atoms with Crippen LogP contribution in [0.4, 0.5) is 5.82 Å². The van der Waals surface area contributed by atoms with Gasteiger partial charge in [-0.3, -0.25) is 0 Å². The number of aromatic nitrogens is 2. The molecule has 2 heterocycles. The molecule has 1 saturated heterocycles. The summed E-state index contributed by atoms with van der Waals surface area (Å²) >= 11 is 0. The Balaban J connectivity index is 2.39. The first-order valence-corrected chi connectivity index (χ1v) is 6.55. The highest BCUT2D eigenvalue weighted by Gasteiger charge is 2.33. The molecule has 1 aliphatic heterocycles. The van der Waals surface area contributed by atoms with Crippen LogP contribution in [0.5, 0.6) is 0 Å². The van der Waals surface area contributed by atoms with Crippen LogP contribution in [-0.4, -0.2) is 16.6 Å². The first kappa shape index (κ1) is 13.2. The molecule has 0 saturated carbocycles. The second kappa shape index (κ2) is 5.20. The average Bonchev–Trinajstić information content (AvgIpc) is 2.39. The van der Waals surface area contributed by atoms with Crippen molar-refractivity contribution in [1.29, 1.82) is 0 Å². The molecule has 2 rings (SSSR count). The van der Waals surface area contributed by atoms with E-state index in [4.69, 9.17) is 10.6 Å². The summed E-state index contributed by atoms with van der Waals surface area (Å²) in [5, 5.41) is 0. The fourth-order valence-corrected chi connectivity index (χ4v) is 2.18. The number of nitrogens with zero attached hydrogens (tertiary/aromatic N) is 2. The van der Waals surface area contributed by atoms with Gasteiger partial charge in [-0.2, -0.15) is 0 Å². The second-order valence-corrected chi connectivity index (χ2v) is 5.34. The molecule has 1 aliphatic rings. The number of anilines is 1. The Kier molecular flexibility index (Phi) is 3.82. The first-order valence-electron chi connectivity index (χ1n) is 6.55. The lowest BCUT2D eigenvalue weighted by Gasteiger charge is -2.32. The molecule has 1 atom stereocenters. The van der Waals surface area contributed by atoms with Crippen molar-refractivity contribution >= 4 is 5.82 Å². The molecule has 1 aromatic heterocycles. The van der Waals surface area contributed by atoms with Crippen molar-refractivity contribution in [2.75, 3.05) is 12.0 Å². The van der Waals surface area contributed by atoms with Crippen LogP contribution in [0, 0.1) is 0 Å². The maximum absolute atomic E-state index is 5.89. The number of nitrogens with two attached hydrogens (primary N) is 1. The highest BCUT2D eigenvalue weighted by molar-refractivity contribution is 5.36. The summed E-state index contributed by atoms with van der Waals surface area (Å²) in [5.74, 6) is 7.21. The van der Waals surface area contributed by atoms with E-state index in [1.165, 1.54) is 0 Å². The molecule has 0 bridgehead atoms. The van der Waals surface area contributed by atoms with Crippen molar-refractivity contribution in [1.82, 2.24) is 9.97 Å². The highest BCUT2D eigenvalue weighted by Crippen LogP contribution is 2.33. The summed E-state index contributed by atoms with van der Waals surface area (Å²) in [6.07, 6.45) is 3.22. The van der Waals surface area contributed by atoms with Crippen molar-refractivity contribution in [2.24, 2.45) is 5.84 Å². The van der Waals surface area contributed by atoms with E-state index in [0.717, 1.165) is 37.4 Å². The van der Waals surface area contributed by atoms with Crippen LogP contribution < -0.4 is 11.3 Å². The maximum Gasteiger partial charge on any atom is 0.162 e. The molecule has 0 spiro atoms. The van der Waals surface area contributed by atoms with Gasteiger partial charge in [-0.15, -0.1) is 0 Å². The minimum atomic E-state index is -0.380. The molecule has 1 aromatic rings. The Morgan fingerprint density at radius 1 is 1.39 bits per heavy atom. The fourth-order valence-electron chi connectivity index (χ4n) is 2.18. The fraction of sp³-hybridized carbons (Fsp3) is 0.692. The zero-order valence-corrected chi connectivity index (χ0v) is 11.4. The monoisotopic (exact) mass is 250 g/mol. The summed E-state index contributed by atoms with van der Waals surface area (Å²) < 4.78 is 5.89. The topological polar surface area (TPSA) is 73.1 Å². The van der Waals surface area contributed by atoms with E-state index < -0.39 is 0 Å². The maximum atomic E-state index is 5.89. The molecule has 0 aliphatic carbocycles. The van der Waals surface area contributed by atoms with Gasteiger partial charge in [0.25, 0.3) is 0 Å². The number of nitrogens with one attached hydrogen (secondary N) is 1. The molecular weight excluding hydrogens is 228 g/mol. The molecule has 1 unspecified atom stereocenters. The Bertz CT molecular complexity index is 413. The minimum Gasteiger partial charge on any atom is -0.367 e. The molecule has 5 nitrogen and oxygen atoms in total.